The van der Waals surface area contributed by atoms with Crippen LogP contribution in [0.2, 0.25) is 0 Å². The molecule has 2 rings (SSSR count). The van der Waals surface area contributed by atoms with Gasteiger partial charge in [0.25, 0.3) is 11.8 Å². The van der Waals surface area contributed by atoms with Crippen LogP contribution in [-0.4, -0.2) is 57.3 Å². The van der Waals surface area contributed by atoms with Gasteiger partial charge in [0.2, 0.25) is 10.0 Å². The zero-order valence-electron chi connectivity index (χ0n) is 15.5. The van der Waals surface area contributed by atoms with Gasteiger partial charge in [0.15, 0.2) is 11.5 Å². The SMILES string of the molecule is COc1ccc(C(=O)NNC(=O)CN(C)S(=O)(=O)c2cccnc2)cc1OC. The average Bonchev–Trinajstić information content (AvgIpc) is 2.71. The summed E-state index contributed by atoms with van der Waals surface area (Å²) in [5.74, 6) is -0.523. The molecule has 0 spiro atoms. The largest absolute Gasteiger partial charge is 0.493 e. The molecule has 0 aliphatic heterocycles. The van der Waals surface area contributed by atoms with Gasteiger partial charge in [-0.3, -0.25) is 25.4 Å². The minimum atomic E-state index is -3.87. The molecule has 0 saturated carbocycles. The minimum absolute atomic E-state index is 0.0420. The third-order valence-electron chi connectivity index (χ3n) is 3.67. The number of carbonyl (C=O) groups is 2. The summed E-state index contributed by atoms with van der Waals surface area (Å²) in [6.07, 6.45) is 2.62. The molecule has 2 N–H and O–H groups in total. The van der Waals surface area contributed by atoms with Crippen LogP contribution >= 0.6 is 0 Å². The number of sulfonamides is 1. The Kier molecular flexibility index (Phi) is 6.90. The number of hydrazine groups is 1. The van der Waals surface area contributed by atoms with Crippen molar-refractivity contribution < 1.29 is 27.5 Å². The molecule has 1 heterocycles. The van der Waals surface area contributed by atoms with Gasteiger partial charge in [0, 0.05) is 25.0 Å². The molecule has 0 atom stereocenters. The van der Waals surface area contributed by atoms with Gasteiger partial charge < -0.3 is 9.47 Å². The van der Waals surface area contributed by atoms with E-state index in [0.29, 0.717) is 11.5 Å². The highest BCUT2D eigenvalue weighted by Crippen LogP contribution is 2.27. The van der Waals surface area contributed by atoms with E-state index in [9.17, 15) is 18.0 Å². The summed E-state index contributed by atoms with van der Waals surface area (Å²) in [6, 6.07) is 7.32. The van der Waals surface area contributed by atoms with E-state index in [1.807, 2.05) is 0 Å². The van der Waals surface area contributed by atoms with E-state index >= 15 is 0 Å². The van der Waals surface area contributed by atoms with Crippen LogP contribution in [0.15, 0.2) is 47.6 Å². The van der Waals surface area contributed by atoms with Gasteiger partial charge in [-0.25, -0.2) is 8.42 Å². The number of benzene rings is 1. The summed E-state index contributed by atoms with van der Waals surface area (Å²) in [4.78, 5) is 27.9. The van der Waals surface area contributed by atoms with Crippen molar-refractivity contribution in [3.05, 3.63) is 48.3 Å². The number of rotatable bonds is 7. The Hall–Kier alpha value is -3.18. The van der Waals surface area contributed by atoms with Crippen LogP contribution in [0.1, 0.15) is 10.4 Å². The molecule has 0 saturated heterocycles. The highest BCUT2D eigenvalue weighted by atomic mass is 32.2. The van der Waals surface area contributed by atoms with E-state index in [2.05, 4.69) is 15.8 Å². The third kappa shape index (κ3) is 4.96. The maximum Gasteiger partial charge on any atom is 0.269 e. The van der Waals surface area contributed by atoms with Crippen LogP contribution in [0, 0.1) is 0 Å². The standard InChI is InChI=1S/C17H20N4O6S/c1-21(28(24,25)13-5-4-8-18-10-13)11-16(22)19-20-17(23)12-6-7-14(26-2)15(9-12)27-3/h4-10H,11H2,1-3H3,(H,19,22)(H,20,23). The van der Waals surface area contributed by atoms with Crippen molar-refractivity contribution in [2.45, 2.75) is 4.90 Å². The van der Waals surface area contributed by atoms with E-state index < -0.39 is 28.4 Å². The smallest absolute Gasteiger partial charge is 0.269 e. The van der Waals surface area contributed by atoms with Crippen LogP contribution in [0.25, 0.3) is 0 Å². The molecule has 2 amide bonds. The molecule has 10 nitrogen and oxygen atoms in total. The summed E-state index contributed by atoms with van der Waals surface area (Å²) in [5, 5.41) is 0. The van der Waals surface area contributed by atoms with Crippen molar-refractivity contribution in [3.63, 3.8) is 0 Å². The number of likely N-dealkylation sites (N-methyl/N-ethyl adjacent to an activating group) is 1. The molecular weight excluding hydrogens is 388 g/mol. The van der Waals surface area contributed by atoms with Gasteiger partial charge in [-0.1, -0.05) is 0 Å². The number of amides is 2. The Labute approximate surface area is 162 Å². The topological polar surface area (TPSA) is 127 Å². The predicted molar refractivity (Wildman–Crippen MR) is 99.2 cm³/mol. The number of nitrogens with one attached hydrogen (secondary N) is 2. The van der Waals surface area contributed by atoms with Crippen molar-refractivity contribution in [3.8, 4) is 11.5 Å². The van der Waals surface area contributed by atoms with E-state index in [1.165, 1.54) is 57.9 Å². The second kappa shape index (κ2) is 9.15. The molecule has 0 unspecified atom stereocenters. The minimum Gasteiger partial charge on any atom is -0.493 e. The summed E-state index contributed by atoms with van der Waals surface area (Å²) in [5.41, 5.74) is 4.60. The lowest BCUT2D eigenvalue weighted by Gasteiger charge is -2.17. The van der Waals surface area contributed by atoms with Gasteiger partial charge >= 0.3 is 0 Å². The van der Waals surface area contributed by atoms with Crippen LogP contribution < -0.4 is 20.3 Å². The summed E-state index contributed by atoms with van der Waals surface area (Å²) in [7, 11) is 0.270. The molecule has 1 aromatic carbocycles. The summed E-state index contributed by atoms with van der Waals surface area (Å²) in [6.45, 7) is -0.497. The van der Waals surface area contributed by atoms with E-state index in [0.717, 1.165) is 4.31 Å². The van der Waals surface area contributed by atoms with Crippen LogP contribution in [0.5, 0.6) is 11.5 Å². The van der Waals surface area contributed by atoms with E-state index in [-0.39, 0.29) is 10.5 Å². The predicted octanol–water partition coefficient (Wildman–Crippen LogP) is 0.181. The van der Waals surface area contributed by atoms with Crippen molar-refractivity contribution in [1.82, 2.24) is 20.1 Å². The number of methoxy groups -OCH3 is 2. The highest BCUT2D eigenvalue weighted by Gasteiger charge is 2.23. The Morgan fingerprint density at radius 1 is 1.11 bits per heavy atom. The van der Waals surface area contributed by atoms with E-state index in [1.54, 1.807) is 6.07 Å². The van der Waals surface area contributed by atoms with Crippen molar-refractivity contribution >= 4 is 21.8 Å². The fraction of sp³-hybridized carbons (Fsp3) is 0.235. The number of ether oxygens (including phenoxy) is 2. The second-order valence-electron chi connectivity index (χ2n) is 5.52. The van der Waals surface area contributed by atoms with Crippen LogP contribution in [-0.2, 0) is 14.8 Å². The Morgan fingerprint density at radius 2 is 1.82 bits per heavy atom. The quantitative estimate of drug-likeness (QED) is 0.626. The Bertz CT molecular complexity index is 949. The first-order chi connectivity index (χ1) is 13.3. The number of carbonyl (C=O) groups excluding carboxylic acids is 2. The number of hydrogen-bond donors (Lipinski definition) is 2. The Balaban J connectivity index is 1.96. The Morgan fingerprint density at radius 3 is 2.43 bits per heavy atom. The number of hydrogen-bond acceptors (Lipinski definition) is 7. The van der Waals surface area contributed by atoms with Gasteiger partial charge in [-0.15, -0.1) is 0 Å². The van der Waals surface area contributed by atoms with Crippen LogP contribution in [0.4, 0.5) is 0 Å². The molecule has 0 fully saturated rings. The molecule has 0 radical (unpaired) electrons. The highest BCUT2D eigenvalue weighted by molar-refractivity contribution is 7.89. The maximum absolute atomic E-state index is 12.4. The van der Waals surface area contributed by atoms with Crippen molar-refractivity contribution in [2.24, 2.45) is 0 Å². The van der Waals surface area contributed by atoms with Crippen molar-refractivity contribution in [2.75, 3.05) is 27.8 Å². The molecule has 2 aromatic rings. The third-order valence-corrected chi connectivity index (χ3v) is 5.46. The van der Waals surface area contributed by atoms with E-state index in [4.69, 9.17) is 9.47 Å². The van der Waals surface area contributed by atoms with Gasteiger partial charge in [-0.2, -0.15) is 4.31 Å². The number of aromatic nitrogens is 1. The average molecular weight is 408 g/mol. The lowest BCUT2D eigenvalue weighted by Crippen LogP contribution is -2.46. The first-order valence-corrected chi connectivity index (χ1v) is 9.41. The monoisotopic (exact) mass is 408 g/mol. The fourth-order valence-corrected chi connectivity index (χ4v) is 3.27. The molecular formula is C17H20N4O6S. The second-order valence-corrected chi connectivity index (χ2v) is 7.57. The lowest BCUT2D eigenvalue weighted by atomic mass is 10.2. The van der Waals surface area contributed by atoms with Gasteiger partial charge in [-0.05, 0) is 30.3 Å². The molecule has 0 aliphatic carbocycles. The van der Waals surface area contributed by atoms with Crippen molar-refractivity contribution in [1.29, 1.82) is 0 Å². The number of nitrogens with zero attached hydrogens (tertiary/aromatic N) is 2. The molecule has 11 heteroatoms. The molecule has 1 aromatic heterocycles. The van der Waals surface area contributed by atoms with Gasteiger partial charge in [0.1, 0.15) is 4.90 Å². The van der Waals surface area contributed by atoms with Crippen LogP contribution in [0.3, 0.4) is 0 Å². The first kappa shape index (κ1) is 21.1. The summed E-state index contributed by atoms with van der Waals surface area (Å²) < 4.78 is 35.8. The lowest BCUT2D eigenvalue weighted by molar-refractivity contribution is -0.121. The molecule has 150 valence electrons. The normalized spacial score (nSPS) is 11.0. The zero-order chi connectivity index (χ0) is 20.7. The zero-order valence-corrected chi connectivity index (χ0v) is 16.3. The fourth-order valence-electron chi connectivity index (χ4n) is 2.18. The van der Waals surface area contributed by atoms with Gasteiger partial charge in [0.05, 0.1) is 20.8 Å². The molecule has 28 heavy (non-hydrogen) atoms. The molecule has 0 bridgehead atoms. The summed E-state index contributed by atoms with van der Waals surface area (Å²) >= 11 is 0. The first-order valence-electron chi connectivity index (χ1n) is 7.97. The maximum atomic E-state index is 12.4. The molecule has 0 aliphatic rings. The number of pyridine rings is 1.